The first kappa shape index (κ1) is 13.4. The van der Waals surface area contributed by atoms with E-state index in [0.29, 0.717) is 11.5 Å². The number of hydrogen-bond acceptors (Lipinski definition) is 3. The molecule has 0 unspecified atom stereocenters. The number of aromatic nitrogens is 1. The van der Waals surface area contributed by atoms with E-state index in [9.17, 15) is 4.79 Å². The first-order valence-corrected chi connectivity index (χ1v) is 6.57. The van der Waals surface area contributed by atoms with Crippen molar-refractivity contribution in [3.8, 4) is 11.5 Å². The summed E-state index contributed by atoms with van der Waals surface area (Å²) in [7, 11) is 0. The Labute approximate surface area is 125 Å². The molecule has 104 valence electrons. The van der Waals surface area contributed by atoms with Crippen LogP contribution in [0.3, 0.4) is 0 Å². The van der Waals surface area contributed by atoms with Crippen LogP contribution < -0.4 is 4.74 Å². The highest BCUT2D eigenvalue weighted by atomic mass is 35.5. The largest absolute Gasteiger partial charge is 0.478 e. The third kappa shape index (κ3) is 2.66. The van der Waals surface area contributed by atoms with Crippen molar-refractivity contribution < 1.29 is 14.6 Å². The Morgan fingerprint density at radius 3 is 2.76 bits per heavy atom. The lowest BCUT2D eigenvalue weighted by Gasteiger charge is -2.09. The lowest BCUT2D eigenvalue weighted by molar-refractivity contribution is 0.0696. The van der Waals surface area contributed by atoms with E-state index >= 15 is 0 Å². The summed E-state index contributed by atoms with van der Waals surface area (Å²) in [6.45, 7) is 0. The van der Waals surface area contributed by atoms with Gasteiger partial charge in [-0.15, -0.1) is 0 Å². The number of carboxylic acids is 1. The summed E-state index contributed by atoms with van der Waals surface area (Å²) in [5.41, 5.74) is 0.815. The zero-order valence-electron chi connectivity index (χ0n) is 10.8. The zero-order valence-corrected chi connectivity index (χ0v) is 11.5. The van der Waals surface area contributed by atoms with Crippen LogP contribution in [0.4, 0.5) is 0 Å². The number of nitrogens with zero attached hydrogens (tertiary/aromatic N) is 1. The second kappa shape index (κ2) is 5.42. The fraction of sp³-hybridized carbons (Fsp3) is 0. The van der Waals surface area contributed by atoms with E-state index in [1.165, 1.54) is 12.1 Å². The van der Waals surface area contributed by atoms with E-state index in [4.69, 9.17) is 21.4 Å². The zero-order chi connectivity index (χ0) is 14.8. The molecular weight excluding hydrogens is 290 g/mol. The van der Waals surface area contributed by atoms with Crippen LogP contribution in [0.25, 0.3) is 10.9 Å². The van der Waals surface area contributed by atoms with Crippen LogP contribution in [0.2, 0.25) is 5.02 Å². The van der Waals surface area contributed by atoms with Gasteiger partial charge in [-0.05, 0) is 36.4 Å². The number of pyridine rings is 1. The van der Waals surface area contributed by atoms with Gasteiger partial charge in [0.25, 0.3) is 0 Å². The summed E-state index contributed by atoms with van der Waals surface area (Å²) in [4.78, 5) is 15.3. The summed E-state index contributed by atoms with van der Waals surface area (Å²) >= 11 is 5.84. The number of carbonyl (C=O) groups is 1. The molecule has 0 radical (unpaired) electrons. The summed E-state index contributed by atoms with van der Waals surface area (Å²) < 4.78 is 5.78. The van der Waals surface area contributed by atoms with Crippen molar-refractivity contribution in [2.45, 2.75) is 0 Å². The van der Waals surface area contributed by atoms with Crippen molar-refractivity contribution in [2.75, 3.05) is 0 Å². The topological polar surface area (TPSA) is 59.4 Å². The maximum Gasteiger partial charge on any atom is 0.337 e. The predicted octanol–water partition coefficient (Wildman–Crippen LogP) is 4.38. The summed E-state index contributed by atoms with van der Waals surface area (Å²) in [5, 5.41) is 10.1. The second-order valence-corrected chi connectivity index (χ2v) is 4.78. The van der Waals surface area contributed by atoms with Crippen LogP contribution in [0.1, 0.15) is 10.4 Å². The first-order valence-electron chi connectivity index (χ1n) is 6.19. The van der Waals surface area contributed by atoms with Crippen LogP contribution in [0.15, 0.2) is 54.7 Å². The number of aromatic carboxylic acids is 1. The van der Waals surface area contributed by atoms with Crippen molar-refractivity contribution in [3.05, 3.63) is 65.3 Å². The smallest absolute Gasteiger partial charge is 0.337 e. The summed E-state index contributed by atoms with van der Waals surface area (Å²) in [6, 6.07) is 13.8. The van der Waals surface area contributed by atoms with Gasteiger partial charge in [0.1, 0.15) is 11.5 Å². The van der Waals surface area contributed by atoms with Gasteiger partial charge in [0.05, 0.1) is 16.1 Å². The molecule has 2 aromatic carbocycles. The van der Waals surface area contributed by atoms with Gasteiger partial charge in [-0.25, -0.2) is 4.79 Å². The predicted molar refractivity (Wildman–Crippen MR) is 80.2 cm³/mol. The molecule has 21 heavy (non-hydrogen) atoms. The van der Waals surface area contributed by atoms with Gasteiger partial charge >= 0.3 is 5.97 Å². The van der Waals surface area contributed by atoms with Gasteiger partial charge in [0, 0.05) is 11.6 Å². The molecule has 0 atom stereocenters. The third-order valence-electron chi connectivity index (χ3n) is 3.01. The fourth-order valence-corrected chi connectivity index (χ4v) is 2.22. The molecule has 0 aliphatic carbocycles. The standard InChI is InChI=1S/C16H10ClNO3/c17-13-6-5-10(9-12(13)16(19)20)21-15-7-8-18-14-4-2-1-3-11(14)15/h1-9H,(H,19,20). The van der Waals surface area contributed by atoms with Crippen LogP contribution in [0.5, 0.6) is 11.5 Å². The maximum atomic E-state index is 11.1. The van der Waals surface area contributed by atoms with Crippen molar-refractivity contribution in [3.63, 3.8) is 0 Å². The van der Waals surface area contributed by atoms with E-state index in [0.717, 1.165) is 10.9 Å². The SMILES string of the molecule is O=C(O)c1cc(Oc2ccnc3ccccc23)ccc1Cl. The molecule has 0 saturated carbocycles. The number of ether oxygens (including phenoxy) is 1. The molecule has 1 N–H and O–H groups in total. The summed E-state index contributed by atoms with van der Waals surface area (Å²) in [5.74, 6) is -0.0718. The van der Waals surface area contributed by atoms with E-state index < -0.39 is 5.97 Å². The Kier molecular flexibility index (Phi) is 3.46. The molecule has 4 nitrogen and oxygen atoms in total. The monoisotopic (exact) mass is 299 g/mol. The Morgan fingerprint density at radius 1 is 1.14 bits per heavy atom. The Bertz CT molecular complexity index is 827. The third-order valence-corrected chi connectivity index (χ3v) is 3.33. The number of rotatable bonds is 3. The van der Waals surface area contributed by atoms with E-state index in [1.807, 2.05) is 24.3 Å². The molecular formula is C16H10ClNO3. The molecule has 0 saturated heterocycles. The lowest BCUT2D eigenvalue weighted by Crippen LogP contribution is -1.98. The molecule has 0 fully saturated rings. The van der Waals surface area contributed by atoms with Gasteiger partial charge in [0.2, 0.25) is 0 Å². The van der Waals surface area contributed by atoms with Crippen molar-refractivity contribution in [1.82, 2.24) is 4.98 Å². The molecule has 1 aromatic heterocycles. The fourth-order valence-electron chi connectivity index (χ4n) is 2.02. The van der Waals surface area contributed by atoms with E-state index in [1.54, 1.807) is 18.3 Å². The van der Waals surface area contributed by atoms with Gasteiger partial charge in [-0.1, -0.05) is 23.7 Å². The minimum Gasteiger partial charge on any atom is -0.478 e. The van der Waals surface area contributed by atoms with Crippen LogP contribution >= 0.6 is 11.6 Å². The maximum absolute atomic E-state index is 11.1. The van der Waals surface area contributed by atoms with Gasteiger partial charge in [-0.3, -0.25) is 4.98 Å². The number of carboxylic acid groups (broad SMARTS) is 1. The first-order chi connectivity index (χ1) is 10.1. The number of para-hydroxylation sites is 1. The minimum atomic E-state index is -1.09. The number of fused-ring (bicyclic) bond motifs is 1. The summed E-state index contributed by atoms with van der Waals surface area (Å²) in [6.07, 6.45) is 1.64. The Hall–Kier alpha value is -2.59. The highest BCUT2D eigenvalue weighted by molar-refractivity contribution is 6.33. The quantitative estimate of drug-likeness (QED) is 0.779. The minimum absolute atomic E-state index is 0.00697. The Balaban J connectivity index is 2.03. The van der Waals surface area contributed by atoms with Crippen molar-refractivity contribution in [2.24, 2.45) is 0 Å². The van der Waals surface area contributed by atoms with Crippen LogP contribution in [-0.4, -0.2) is 16.1 Å². The molecule has 3 rings (SSSR count). The van der Waals surface area contributed by atoms with Gasteiger partial charge < -0.3 is 9.84 Å². The highest BCUT2D eigenvalue weighted by Crippen LogP contribution is 2.30. The Morgan fingerprint density at radius 2 is 1.95 bits per heavy atom. The number of halogens is 1. The highest BCUT2D eigenvalue weighted by Gasteiger charge is 2.11. The van der Waals surface area contributed by atoms with Crippen LogP contribution in [0, 0.1) is 0 Å². The molecule has 0 bridgehead atoms. The van der Waals surface area contributed by atoms with Crippen molar-refractivity contribution >= 4 is 28.5 Å². The molecule has 1 heterocycles. The molecule has 0 aliphatic rings. The average molecular weight is 300 g/mol. The second-order valence-electron chi connectivity index (χ2n) is 4.38. The normalized spacial score (nSPS) is 10.5. The van der Waals surface area contributed by atoms with Crippen molar-refractivity contribution in [1.29, 1.82) is 0 Å². The number of hydrogen-bond donors (Lipinski definition) is 1. The molecule has 0 aliphatic heterocycles. The lowest BCUT2D eigenvalue weighted by atomic mass is 10.2. The van der Waals surface area contributed by atoms with E-state index in [2.05, 4.69) is 4.98 Å². The van der Waals surface area contributed by atoms with E-state index in [-0.39, 0.29) is 10.6 Å². The van der Waals surface area contributed by atoms with Crippen LogP contribution in [-0.2, 0) is 0 Å². The average Bonchev–Trinajstić information content (AvgIpc) is 2.49. The molecule has 0 amide bonds. The number of benzene rings is 2. The molecule has 5 heteroatoms. The molecule has 0 spiro atoms. The van der Waals surface area contributed by atoms with Gasteiger partial charge in [-0.2, -0.15) is 0 Å². The molecule has 3 aromatic rings. The van der Waals surface area contributed by atoms with Gasteiger partial charge in [0.15, 0.2) is 0 Å².